The van der Waals surface area contributed by atoms with Gasteiger partial charge in [-0.1, -0.05) is 13.8 Å². The van der Waals surface area contributed by atoms with Gasteiger partial charge in [-0.3, -0.25) is 4.79 Å². The zero-order valence-electron chi connectivity index (χ0n) is 19.0. The minimum absolute atomic E-state index is 0.125. The number of pyridine rings is 1. The van der Waals surface area contributed by atoms with Gasteiger partial charge in [-0.15, -0.1) is 0 Å². The van der Waals surface area contributed by atoms with Gasteiger partial charge in [0.1, 0.15) is 0 Å². The lowest BCUT2D eigenvalue weighted by Gasteiger charge is -2.32. The summed E-state index contributed by atoms with van der Waals surface area (Å²) in [5, 5.41) is 0. The second kappa shape index (κ2) is 8.32. The summed E-state index contributed by atoms with van der Waals surface area (Å²) in [5.41, 5.74) is 2.06. The predicted octanol–water partition coefficient (Wildman–Crippen LogP) is 3.95. The summed E-state index contributed by atoms with van der Waals surface area (Å²) < 4.78 is 19.2. The largest absolute Gasteiger partial charge is 0.496 e. The maximum atomic E-state index is 12.3. The lowest BCUT2D eigenvalue weighted by atomic mass is 9.81. The first-order valence-electron chi connectivity index (χ1n) is 10.2. The molecule has 29 heavy (non-hydrogen) atoms. The summed E-state index contributed by atoms with van der Waals surface area (Å²) in [6.07, 6.45) is 1.84. The molecule has 0 N–H and O–H groups in total. The lowest BCUT2D eigenvalue weighted by molar-refractivity contribution is 0.00578. The number of rotatable bonds is 4. The Morgan fingerprint density at radius 1 is 1.10 bits per heavy atom. The Balaban J connectivity index is 0.00000145. The van der Waals surface area contributed by atoms with Crippen molar-refractivity contribution in [1.29, 1.82) is 0 Å². The van der Waals surface area contributed by atoms with Crippen LogP contribution in [-0.4, -0.2) is 41.1 Å². The van der Waals surface area contributed by atoms with Gasteiger partial charge in [-0.2, -0.15) is 0 Å². The summed E-state index contributed by atoms with van der Waals surface area (Å²) >= 11 is 0. The Kier molecular flexibility index (Phi) is 6.65. The average Bonchev–Trinajstić information content (AvgIpc) is 3.13. The van der Waals surface area contributed by atoms with Gasteiger partial charge in [0.2, 0.25) is 0 Å². The van der Waals surface area contributed by atoms with Crippen molar-refractivity contribution in [3.63, 3.8) is 0 Å². The normalized spacial score (nSPS) is 17.1. The highest BCUT2D eigenvalue weighted by atomic mass is 16.7. The van der Waals surface area contributed by atoms with E-state index >= 15 is 0 Å². The van der Waals surface area contributed by atoms with Gasteiger partial charge < -0.3 is 18.4 Å². The van der Waals surface area contributed by atoms with Gasteiger partial charge in [0.15, 0.2) is 5.78 Å². The fourth-order valence-corrected chi connectivity index (χ4v) is 3.33. The van der Waals surface area contributed by atoms with Crippen molar-refractivity contribution in [1.82, 2.24) is 4.40 Å². The SMILES string of the molecule is CC.CCOC(=O)c1cc2cc(B3OC(C)(C)C(C)(C)O3)cn2c(C(C)=O)c1C. The third-order valence-corrected chi connectivity index (χ3v) is 5.52. The van der Waals surface area contributed by atoms with Gasteiger partial charge in [-0.25, -0.2) is 4.79 Å². The number of carbonyl (C=O) groups is 2. The van der Waals surface area contributed by atoms with Crippen LogP contribution in [-0.2, 0) is 14.0 Å². The molecule has 0 aliphatic carbocycles. The molecule has 0 bridgehead atoms. The molecule has 1 saturated heterocycles. The van der Waals surface area contributed by atoms with Crippen molar-refractivity contribution < 1.29 is 23.6 Å². The van der Waals surface area contributed by atoms with Crippen molar-refractivity contribution in [2.24, 2.45) is 0 Å². The standard InChI is InChI=1S/C20H26BNO5.C2H6/c1-8-25-18(24)16-10-15-9-14(11-22(15)17(12(16)2)13(3)23)21-26-19(4,5)20(6,7)27-21;1-2/h9-11H,8H2,1-7H3;1-2H3. The van der Waals surface area contributed by atoms with E-state index in [1.807, 2.05) is 53.8 Å². The number of hydrogen-bond acceptors (Lipinski definition) is 5. The van der Waals surface area contributed by atoms with Crippen molar-refractivity contribution in [3.05, 3.63) is 35.2 Å². The Bertz CT molecular complexity index is 913. The maximum absolute atomic E-state index is 12.3. The lowest BCUT2D eigenvalue weighted by Crippen LogP contribution is -2.41. The Labute approximate surface area is 173 Å². The van der Waals surface area contributed by atoms with Crippen LogP contribution in [0.25, 0.3) is 5.52 Å². The minimum atomic E-state index is -0.541. The van der Waals surface area contributed by atoms with E-state index in [1.165, 1.54) is 6.92 Å². The zero-order chi connectivity index (χ0) is 22.1. The number of ether oxygens (including phenoxy) is 1. The molecule has 0 spiro atoms. The molecular formula is C22H32BNO5. The van der Waals surface area contributed by atoms with E-state index in [1.54, 1.807) is 24.3 Å². The quantitative estimate of drug-likeness (QED) is 0.441. The first-order chi connectivity index (χ1) is 13.5. The topological polar surface area (TPSA) is 66.2 Å². The van der Waals surface area contributed by atoms with Crippen LogP contribution in [0.1, 0.15) is 81.8 Å². The van der Waals surface area contributed by atoms with E-state index in [9.17, 15) is 9.59 Å². The van der Waals surface area contributed by atoms with Crippen molar-refractivity contribution in [2.45, 2.75) is 73.5 Å². The second-order valence-corrected chi connectivity index (χ2v) is 7.96. The van der Waals surface area contributed by atoms with Gasteiger partial charge in [0.25, 0.3) is 0 Å². The van der Waals surface area contributed by atoms with Crippen LogP contribution in [0.3, 0.4) is 0 Å². The van der Waals surface area contributed by atoms with E-state index < -0.39 is 24.3 Å². The van der Waals surface area contributed by atoms with Gasteiger partial charge >= 0.3 is 13.1 Å². The average molecular weight is 401 g/mol. The molecule has 6 nitrogen and oxygen atoms in total. The first kappa shape index (κ1) is 23.2. The summed E-state index contributed by atoms with van der Waals surface area (Å²) in [7, 11) is -0.541. The highest BCUT2D eigenvalue weighted by Crippen LogP contribution is 2.36. The molecular weight excluding hydrogens is 369 g/mol. The summed E-state index contributed by atoms with van der Waals surface area (Å²) in [5.74, 6) is -0.557. The van der Waals surface area contributed by atoms with E-state index in [0.717, 1.165) is 11.0 Å². The van der Waals surface area contributed by atoms with Gasteiger partial charge in [0.05, 0.1) is 29.1 Å². The van der Waals surface area contributed by atoms with E-state index in [2.05, 4.69) is 0 Å². The number of esters is 1. The summed E-state index contributed by atoms with van der Waals surface area (Å²) in [6.45, 7) is 17.3. The smallest absolute Gasteiger partial charge is 0.462 e. The fraction of sp³-hybridized carbons (Fsp3) is 0.545. The van der Waals surface area contributed by atoms with Crippen molar-refractivity contribution in [2.75, 3.05) is 6.61 Å². The minimum Gasteiger partial charge on any atom is -0.462 e. The van der Waals surface area contributed by atoms with E-state index in [-0.39, 0.29) is 12.4 Å². The molecule has 0 atom stereocenters. The highest BCUT2D eigenvalue weighted by molar-refractivity contribution is 6.62. The van der Waals surface area contributed by atoms with Crippen LogP contribution in [0.15, 0.2) is 18.3 Å². The number of aromatic nitrogens is 1. The van der Waals surface area contributed by atoms with Crippen LogP contribution in [0.5, 0.6) is 0 Å². The second-order valence-electron chi connectivity index (χ2n) is 7.96. The monoisotopic (exact) mass is 401 g/mol. The van der Waals surface area contributed by atoms with E-state index in [0.29, 0.717) is 16.8 Å². The molecule has 0 unspecified atom stereocenters. The molecule has 0 amide bonds. The third kappa shape index (κ3) is 4.12. The number of hydrogen-bond donors (Lipinski definition) is 0. The number of nitrogens with zero attached hydrogens (tertiary/aromatic N) is 1. The number of fused-ring (bicyclic) bond motifs is 1. The van der Waals surface area contributed by atoms with Gasteiger partial charge in [-0.05, 0) is 59.2 Å². The zero-order valence-corrected chi connectivity index (χ0v) is 19.0. The molecule has 1 fully saturated rings. The Morgan fingerprint density at radius 3 is 2.14 bits per heavy atom. The molecule has 0 saturated carbocycles. The van der Waals surface area contributed by atoms with Crippen LogP contribution >= 0.6 is 0 Å². The number of carbonyl (C=O) groups excluding carboxylic acids is 2. The fourth-order valence-electron chi connectivity index (χ4n) is 3.33. The Hall–Kier alpha value is -2.12. The molecule has 7 heteroatoms. The molecule has 0 radical (unpaired) electrons. The molecule has 3 heterocycles. The number of ketones is 1. The van der Waals surface area contributed by atoms with Crippen LogP contribution in [0.2, 0.25) is 0 Å². The summed E-state index contributed by atoms with van der Waals surface area (Å²) in [6, 6.07) is 3.63. The molecule has 2 aromatic rings. The van der Waals surface area contributed by atoms with Crippen LogP contribution < -0.4 is 5.46 Å². The van der Waals surface area contributed by atoms with Gasteiger partial charge in [0, 0.05) is 24.1 Å². The first-order valence-corrected chi connectivity index (χ1v) is 10.2. The Morgan fingerprint density at radius 2 is 1.66 bits per heavy atom. The molecule has 2 aromatic heterocycles. The third-order valence-electron chi connectivity index (χ3n) is 5.52. The maximum Gasteiger partial charge on any atom is 0.496 e. The number of Topliss-reactive ketones (excluding diaryl/α,β-unsaturated/α-hetero) is 1. The molecule has 1 aliphatic heterocycles. The molecule has 3 rings (SSSR count). The predicted molar refractivity (Wildman–Crippen MR) is 115 cm³/mol. The van der Waals surface area contributed by atoms with Crippen LogP contribution in [0.4, 0.5) is 0 Å². The molecule has 1 aliphatic rings. The van der Waals surface area contributed by atoms with Crippen LogP contribution in [0, 0.1) is 6.92 Å². The van der Waals surface area contributed by atoms with Crippen molar-refractivity contribution >= 4 is 29.9 Å². The van der Waals surface area contributed by atoms with Crippen molar-refractivity contribution in [3.8, 4) is 0 Å². The summed E-state index contributed by atoms with van der Waals surface area (Å²) in [4.78, 5) is 24.6. The molecule has 158 valence electrons. The highest BCUT2D eigenvalue weighted by Gasteiger charge is 2.52. The van der Waals surface area contributed by atoms with E-state index in [4.69, 9.17) is 14.0 Å². The molecule has 0 aromatic carbocycles.